The van der Waals surface area contributed by atoms with Crippen molar-refractivity contribution in [3.8, 4) is 0 Å². The van der Waals surface area contributed by atoms with Gasteiger partial charge in [0.05, 0.1) is 6.54 Å². The summed E-state index contributed by atoms with van der Waals surface area (Å²) in [7, 11) is 0. The first kappa shape index (κ1) is 15.2. The summed E-state index contributed by atoms with van der Waals surface area (Å²) in [6, 6.07) is 0.437. The molecule has 1 rings (SSSR count). The third kappa shape index (κ3) is 6.15. The van der Waals surface area contributed by atoms with E-state index in [1.165, 1.54) is 0 Å². The summed E-state index contributed by atoms with van der Waals surface area (Å²) in [4.78, 5) is 4.41. The first-order chi connectivity index (χ1) is 8.26. The zero-order chi connectivity index (χ0) is 13.8. The first-order valence-corrected chi connectivity index (χ1v) is 6.81. The Kier molecular flexibility index (Phi) is 5.32. The third-order valence-electron chi connectivity index (χ3n) is 2.66. The molecule has 104 valence electrons. The Morgan fingerprint density at radius 2 is 1.89 bits per heavy atom. The van der Waals surface area contributed by atoms with Gasteiger partial charge in [-0.25, -0.2) is 0 Å². The maximum absolute atomic E-state index is 5.28. The molecule has 4 heteroatoms. The largest absolute Gasteiger partial charge is 0.339 e. The molecule has 0 fully saturated rings. The number of hydrogen-bond donors (Lipinski definition) is 1. The van der Waals surface area contributed by atoms with Crippen molar-refractivity contribution in [3.63, 3.8) is 0 Å². The van der Waals surface area contributed by atoms with Crippen LogP contribution in [0.3, 0.4) is 0 Å². The fourth-order valence-electron chi connectivity index (χ4n) is 2.16. The van der Waals surface area contributed by atoms with E-state index < -0.39 is 0 Å². The molecule has 0 amide bonds. The van der Waals surface area contributed by atoms with Gasteiger partial charge in [0, 0.05) is 12.5 Å². The van der Waals surface area contributed by atoms with Crippen molar-refractivity contribution in [2.75, 3.05) is 0 Å². The van der Waals surface area contributed by atoms with Crippen molar-refractivity contribution in [2.45, 2.75) is 67.0 Å². The molecule has 1 atom stereocenters. The molecule has 18 heavy (non-hydrogen) atoms. The Morgan fingerprint density at radius 3 is 2.44 bits per heavy atom. The maximum Gasteiger partial charge on any atom is 0.226 e. The molecule has 0 saturated carbocycles. The minimum absolute atomic E-state index is 0.349. The van der Waals surface area contributed by atoms with Crippen LogP contribution in [0.1, 0.15) is 59.7 Å². The van der Waals surface area contributed by atoms with Crippen molar-refractivity contribution < 1.29 is 4.52 Å². The molecular formula is C14H27N3O. The van der Waals surface area contributed by atoms with Crippen LogP contribution < -0.4 is 5.32 Å². The molecule has 0 bridgehead atoms. The number of hydrogen-bond acceptors (Lipinski definition) is 4. The summed E-state index contributed by atoms with van der Waals surface area (Å²) in [6.07, 6.45) is 2.03. The highest BCUT2D eigenvalue weighted by atomic mass is 16.5. The van der Waals surface area contributed by atoms with Gasteiger partial charge < -0.3 is 9.84 Å². The summed E-state index contributed by atoms with van der Waals surface area (Å²) in [5, 5.41) is 7.27. The molecule has 0 aliphatic heterocycles. The van der Waals surface area contributed by atoms with E-state index in [-0.39, 0.29) is 0 Å². The molecule has 0 spiro atoms. The molecule has 1 N–H and O–H groups in total. The van der Waals surface area contributed by atoms with Crippen LogP contribution in [0.15, 0.2) is 4.52 Å². The van der Waals surface area contributed by atoms with Crippen molar-refractivity contribution in [1.29, 1.82) is 0 Å². The van der Waals surface area contributed by atoms with Crippen LogP contribution in [-0.4, -0.2) is 16.2 Å². The highest BCUT2D eigenvalue weighted by molar-refractivity contribution is 4.88. The predicted octanol–water partition coefficient (Wildman–Crippen LogP) is 3.18. The van der Waals surface area contributed by atoms with Gasteiger partial charge in [0.1, 0.15) is 0 Å². The van der Waals surface area contributed by atoms with Crippen molar-refractivity contribution >= 4 is 0 Å². The lowest BCUT2D eigenvalue weighted by Gasteiger charge is -2.22. The summed E-state index contributed by atoms with van der Waals surface area (Å²) in [5.74, 6) is 2.07. The van der Waals surface area contributed by atoms with E-state index in [0.29, 0.717) is 23.9 Å². The van der Waals surface area contributed by atoms with E-state index in [0.717, 1.165) is 24.6 Å². The van der Waals surface area contributed by atoms with Crippen LogP contribution >= 0.6 is 0 Å². The first-order valence-electron chi connectivity index (χ1n) is 6.81. The predicted molar refractivity (Wildman–Crippen MR) is 73.2 cm³/mol. The van der Waals surface area contributed by atoms with Gasteiger partial charge in [0.2, 0.25) is 5.89 Å². The van der Waals surface area contributed by atoms with Gasteiger partial charge in [-0.2, -0.15) is 4.98 Å². The van der Waals surface area contributed by atoms with Crippen molar-refractivity contribution in [2.24, 2.45) is 11.3 Å². The summed E-state index contributed by atoms with van der Waals surface area (Å²) < 4.78 is 5.28. The average Bonchev–Trinajstić information content (AvgIpc) is 2.59. The molecule has 1 aromatic heterocycles. The Hall–Kier alpha value is -0.900. The second-order valence-corrected chi connectivity index (χ2v) is 6.71. The Bertz CT molecular complexity index is 352. The zero-order valence-corrected chi connectivity index (χ0v) is 12.6. The molecular weight excluding hydrogens is 226 g/mol. The molecule has 0 radical (unpaired) electrons. The molecule has 0 aliphatic carbocycles. The fraction of sp³-hybridized carbons (Fsp3) is 0.857. The van der Waals surface area contributed by atoms with Crippen LogP contribution in [0.2, 0.25) is 0 Å². The monoisotopic (exact) mass is 253 g/mol. The van der Waals surface area contributed by atoms with Crippen LogP contribution in [0, 0.1) is 11.3 Å². The Balaban J connectivity index is 2.43. The Morgan fingerprint density at radius 1 is 1.22 bits per heavy atom. The number of nitrogens with zero attached hydrogens (tertiary/aromatic N) is 2. The lowest BCUT2D eigenvalue weighted by Crippen LogP contribution is -2.22. The number of aromatic nitrogens is 2. The van der Waals surface area contributed by atoms with E-state index in [1.807, 2.05) is 0 Å². The standard InChI is InChI=1S/C14H27N3O/c1-10(2)15-9-12-16-13(18-17-12)7-11(3)8-14(4,5)6/h10-11,15H,7-9H2,1-6H3. The summed E-state index contributed by atoms with van der Waals surface area (Å²) in [5.41, 5.74) is 0.349. The van der Waals surface area contributed by atoms with Gasteiger partial charge in [-0.3, -0.25) is 0 Å². The van der Waals surface area contributed by atoms with E-state index >= 15 is 0 Å². The third-order valence-corrected chi connectivity index (χ3v) is 2.66. The molecule has 1 unspecified atom stereocenters. The smallest absolute Gasteiger partial charge is 0.226 e. The van der Waals surface area contributed by atoms with Crippen LogP contribution in [-0.2, 0) is 13.0 Å². The topological polar surface area (TPSA) is 51.0 Å². The zero-order valence-electron chi connectivity index (χ0n) is 12.6. The van der Waals surface area contributed by atoms with Gasteiger partial charge in [0.25, 0.3) is 0 Å². The van der Waals surface area contributed by atoms with E-state index in [4.69, 9.17) is 4.52 Å². The summed E-state index contributed by atoms with van der Waals surface area (Å²) in [6.45, 7) is 13.9. The molecule has 0 aromatic carbocycles. The quantitative estimate of drug-likeness (QED) is 0.846. The van der Waals surface area contributed by atoms with Gasteiger partial charge in [-0.1, -0.05) is 46.7 Å². The maximum atomic E-state index is 5.28. The van der Waals surface area contributed by atoms with Crippen LogP contribution in [0.5, 0.6) is 0 Å². The molecule has 1 aromatic rings. The molecule has 4 nitrogen and oxygen atoms in total. The SMILES string of the molecule is CC(Cc1nc(CNC(C)C)no1)CC(C)(C)C. The minimum atomic E-state index is 0.349. The van der Waals surface area contributed by atoms with Crippen molar-refractivity contribution in [1.82, 2.24) is 15.5 Å². The molecule has 0 aliphatic rings. The van der Waals surface area contributed by atoms with Gasteiger partial charge in [0.15, 0.2) is 5.82 Å². The van der Waals surface area contributed by atoms with Gasteiger partial charge >= 0.3 is 0 Å². The van der Waals surface area contributed by atoms with Gasteiger partial charge in [-0.05, 0) is 17.8 Å². The molecule has 1 heterocycles. The lowest BCUT2D eigenvalue weighted by atomic mass is 9.84. The highest BCUT2D eigenvalue weighted by Crippen LogP contribution is 2.25. The van der Waals surface area contributed by atoms with Crippen LogP contribution in [0.25, 0.3) is 0 Å². The summed E-state index contributed by atoms with van der Waals surface area (Å²) >= 11 is 0. The second-order valence-electron chi connectivity index (χ2n) is 6.71. The average molecular weight is 253 g/mol. The van der Waals surface area contributed by atoms with Crippen molar-refractivity contribution in [3.05, 3.63) is 11.7 Å². The van der Waals surface area contributed by atoms with E-state index in [9.17, 15) is 0 Å². The van der Waals surface area contributed by atoms with E-state index in [2.05, 4.69) is 57.0 Å². The van der Waals surface area contributed by atoms with Gasteiger partial charge in [-0.15, -0.1) is 0 Å². The fourth-order valence-corrected chi connectivity index (χ4v) is 2.16. The second kappa shape index (κ2) is 6.32. The lowest BCUT2D eigenvalue weighted by molar-refractivity contribution is 0.282. The highest BCUT2D eigenvalue weighted by Gasteiger charge is 2.18. The molecule has 0 saturated heterocycles. The minimum Gasteiger partial charge on any atom is -0.339 e. The Labute approximate surface area is 111 Å². The normalized spacial score (nSPS) is 14.2. The van der Waals surface area contributed by atoms with E-state index in [1.54, 1.807) is 0 Å². The number of nitrogens with one attached hydrogen (secondary N) is 1. The number of rotatable bonds is 6. The van der Waals surface area contributed by atoms with Crippen LogP contribution in [0.4, 0.5) is 0 Å².